The Morgan fingerprint density at radius 3 is 2.49 bits per heavy atom. The minimum atomic E-state index is -2.54. The standard InChI is InChI=1S/C27H29NO7/c1-11(2)15-10-16(12-5-3-4-6-12)22(30)20-17(15)8-13-7-14-9-18(29)21(26(28)34)25(33)27(14,35)24(32)19(13)23(20)31/h3,5,10-14,30-31,33,35H,4,6-9H2,1-2H3,(H2,28,34)/t12?,13-,14+,27+/m1/s1. The van der Waals surface area contributed by atoms with Crippen molar-refractivity contribution in [2.24, 2.45) is 17.6 Å². The number of aromatic hydroxyl groups is 1. The number of rotatable bonds is 3. The third-order valence-electron chi connectivity index (χ3n) is 8.16. The highest BCUT2D eigenvalue weighted by Gasteiger charge is 2.60. The Morgan fingerprint density at radius 1 is 1.17 bits per heavy atom. The quantitative estimate of drug-likeness (QED) is 0.329. The van der Waals surface area contributed by atoms with Crippen LogP contribution in [-0.4, -0.2) is 43.5 Å². The third-order valence-corrected chi connectivity index (χ3v) is 8.16. The van der Waals surface area contributed by atoms with E-state index in [0.29, 0.717) is 12.0 Å². The smallest absolute Gasteiger partial charge is 0.255 e. The molecule has 1 aromatic carbocycles. The van der Waals surface area contributed by atoms with Crippen molar-refractivity contribution in [3.05, 3.63) is 57.4 Å². The lowest BCUT2D eigenvalue weighted by Gasteiger charge is -2.46. The number of carbonyl (C=O) groups is 3. The normalized spacial score (nSPS) is 30.0. The van der Waals surface area contributed by atoms with Crippen molar-refractivity contribution in [1.29, 1.82) is 0 Å². The maximum Gasteiger partial charge on any atom is 0.255 e. The summed E-state index contributed by atoms with van der Waals surface area (Å²) in [5, 5.41) is 44.8. The van der Waals surface area contributed by atoms with E-state index in [2.05, 4.69) is 0 Å². The molecule has 4 aliphatic rings. The van der Waals surface area contributed by atoms with E-state index in [0.717, 1.165) is 24.0 Å². The van der Waals surface area contributed by atoms with Crippen LogP contribution in [0.5, 0.6) is 5.75 Å². The Balaban J connectivity index is 1.73. The summed E-state index contributed by atoms with van der Waals surface area (Å²) in [6.07, 6.45) is 5.91. The summed E-state index contributed by atoms with van der Waals surface area (Å²) < 4.78 is 0. The molecule has 0 bridgehead atoms. The number of benzene rings is 1. The van der Waals surface area contributed by atoms with Crippen molar-refractivity contribution in [2.75, 3.05) is 0 Å². The summed E-state index contributed by atoms with van der Waals surface area (Å²) >= 11 is 0. The molecule has 0 aliphatic heterocycles. The molecule has 184 valence electrons. The molecular formula is C27H29NO7. The predicted molar refractivity (Wildman–Crippen MR) is 127 cm³/mol. The van der Waals surface area contributed by atoms with Gasteiger partial charge in [-0.3, -0.25) is 14.4 Å². The summed E-state index contributed by atoms with van der Waals surface area (Å²) in [6, 6.07) is 1.98. The van der Waals surface area contributed by atoms with E-state index in [1.807, 2.05) is 32.1 Å². The number of primary amides is 1. The summed E-state index contributed by atoms with van der Waals surface area (Å²) in [5.74, 6) is -5.92. The maximum absolute atomic E-state index is 13.7. The van der Waals surface area contributed by atoms with Crippen LogP contribution in [0.25, 0.3) is 5.76 Å². The van der Waals surface area contributed by atoms with Crippen LogP contribution in [0.4, 0.5) is 0 Å². The predicted octanol–water partition coefficient (Wildman–Crippen LogP) is 2.98. The van der Waals surface area contributed by atoms with Crippen molar-refractivity contribution >= 4 is 23.2 Å². The van der Waals surface area contributed by atoms with Crippen LogP contribution in [0.3, 0.4) is 0 Å². The van der Waals surface area contributed by atoms with Gasteiger partial charge in [-0.15, -0.1) is 0 Å². The molecule has 35 heavy (non-hydrogen) atoms. The number of aliphatic hydroxyl groups excluding tert-OH is 2. The number of ketones is 2. The molecule has 8 heteroatoms. The third kappa shape index (κ3) is 3.12. The van der Waals surface area contributed by atoms with Crippen LogP contribution in [-0.2, 0) is 20.8 Å². The molecule has 0 heterocycles. The highest BCUT2D eigenvalue weighted by Crippen LogP contribution is 2.54. The minimum Gasteiger partial charge on any atom is -0.508 e. The van der Waals surface area contributed by atoms with Crippen LogP contribution in [0.15, 0.2) is 35.1 Å². The van der Waals surface area contributed by atoms with Gasteiger partial charge < -0.3 is 26.2 Å². The number of hydrogen-bond acceptors (Lipinski definition) is 7. The number of carbonyl (C=O) groups excluding carboxylic acids is 3. The summed E-state index contributed by atoms with van der Waals surface area (Å²) in [6.45, 7) is 4.05. The van der Waals surface area contributed by atoms with Gasteiger partial charge in [0.2, 0.25) is 5.78 Å². The van der Waals surface area contributed by atoms with E-state index < -0.39 is 52.0 Å². The molecular weight excluding hydrogens is 450 g/mol. The fourth-order valence-corrected chi connectivity index (χ4v) is 6.43. The Kier molecular flexibility index (Phi) is 5.21. The monoisotopic (exact) mass is 479 g/mol. The van der Waals surface area contributed by atoms with E-state index in [4.69, 9.17) is 5.73 Å². The molecule has 0 saturated heterocycles. The van der Waals surface area contributed by atoms with E-state index in [9.17, 15) is 34.8 Å². The van der Waals surface area contributed by atoms with E-state index in [1.54, 1.807) is 0 Å². The SMILES string of the molecule is CC(C)c1cc(C2C=CCC2)c(O)c2c1C[C@H]1C[C@H]3CC(=O)C(C(N)=O)=C(O)[C@@]3(O)C(=O)C1=C2O. The Morgan fingerprint density at radius 2 is 1.89 bits per heavy atom. The van der Waals surface area contributed by atoms with Gasteiger partial charge in [-0.25, -0.2) is 0 Å². The second-order valence-corrected chi connectivity index (χ2v) is 10.4. The van der Waals surface area contributed by atoms with E-state index >= 15 is 0 Å². The van der Waals surface area contributed by atoms with Gasteiger partial charge in [-0.1, -0.05) is 32.1 Å². The average molecular weight is 480 g/mol. The first-order chi connectivity index (χ1) is 16.5. The molecule has 1 unspecified atom stereocenters. The highest BCUT2D eigenvalue weighted by atomic mass is 16.3. The van der Waals surface area contributed by atoms with Gasteiger partial charge in [0.1, 0.15) is 22.8 Å². The second-order valence-electron chi connectivity index (χ2n) is 10.4. The summed E-state index contributed by atoms with van der Waals surface area (Å²) in [4.78, 5) is 37.9. The van der Waals surface area contributed by atoms with Gasteiger partial charge in [0.15, 0.2) is 11.4 Å². The summed E-state index contributed by atoms with van der Waals surface area (Å²) in [5.41, 5.74) is 4.36. The molecule has 0 radical (unpaired) electrons. The van der Waals surface area contributed by atoms with E-state index in [-0.39, 0.29) is 41.6 Å². The number of phenols is 1. The topological polar surface area (TPSA) is 158 Å². The number of amides is 1. The van der Waals surface area contributed by atoms with Crippen LogP contribution >= 0.6 is 0 Å². The molecule has 1 saturated carbocycles. The minimum absolute atomic E-state index is 0.0154. The van der Waals surface area contributed by atoms with Gasteiger partial charge in [0, 0.05) is 29.4 Å². The molecule has 1 aromatic rings. The first kappa shape index (κ1) is 23.4. The van der Waals surface area contributed by atoms with Gasteiger partial charge in [-0.2, -0.15) is 0 Å². The number of Topliss-reactive ketones (excluding diaryl/α,β-unsaturated/α-hetero) is 2. The van der Waals surface area contributed by atoms with Crippen molar-refractivity contribution in [1.82, 2.24) is 0 Å². The molecule has 1 fully saturated rings. The number of phenolic OH excluding ortho intramolecular Hbond substituents is 1. The number of aliphatic hydroxyl groups is 3. The van der Waals surface area contributed by atoms with Crippen LogP contribution in [0, 0.1) is 11.8 Å². The molecule has 6 N–H and O–H groups in total. The van der Waals surface area contributed by atoms with Crippen molar-refractivity contribution in [3.63, 3.8) is 0 Å². The summed E-state index contributed by atoms with van der Waals surface area (Å²) in [7, 11) is 0. The number of nitrogens with two attached hydrogens (primary N) is 1. The van der Waals surface area contributed by atoms with Gasteiger partial charge in [0.05, 0.1) is 5.56 Å². The Labute approximate surface area is 202 Å². The van der Waals surface area contributed by atoms with Gasteiger partial charge >= 0.3 is 0 Å². The van der Waals surface area contributed by atoms with Gasteiger partial charge in [0.25, 0.3) is 5.91 Å². The van der Waals surface area contributed by atoms with Crippen molar-refractivity contribution in [3.8, 4) is 5.75 Å². The number of fused-ring (bicyclic) bond motifs is 3. The van der Waals surface area contributed by atoms with E-state index in [1.165, 1.54) is 0 Å². The molecule has 8 nitrogen and oxygen atoms in total. The maximum atomic E-state index is 13.7. The molecule has 4 aliphatic carbocycles. The lowest BCUT2D eigenvalue weighted by Crippen LogP contribution is -2.58. The molecule has 0 spiro atoms. The molecule has 0 aromatic heterocycles. The van der Waals surface area contributed by atoms with Crippen molar-refractivity contribution in [2.45, 2.75) is 63.4 Å². The Bertz CT molecular complexity index is 1280. The fourth-order valence-electron chi connectivity index (χ4n) is 6.43. The lowest BCUT2D eigenvalue weighted by molar-refractivity contribution is -0.147. The zero-order valence-corrected chi connectivity index (χ0v) is 19.7. The lowest BCUT2D eigenvalue weighted by atomic mass is 9.59. The first-order valence-corrected chi connectivity index (χ1v) is 12.0. The van der Waals surface area contributed by atoms with Gasteiger partial charge in [-0.05, 0) is 48.6 Å². The zero-order chi connectivity index (χ0) is 25.4. The highest BCUT2D eigenvalue weighted by molar-refractivity contribution is 6.22. The van der Waals surface area contributed by atoms with Crippen LogP contribution in [0.1, 0.15) is 73.6 Å². The number of hydrogen-bond donors (Lipinski definition) is 5. The van der Waals surface area contributed by atoms with Crippen LogP contribution < -0.4 is 5.73 Å². The number of allylic oxidation sites excluding steroid dienone is 2. The fraction of sp³-hybridized carbons (Fsp3) is 0.444. The van der Waals surface area contributed by atoms with Crippen LogP contribution in [0.2, 0.25) is 0 Å². The molecule has 4 atom stereocenters. The Hall–Kier alpha value is -3.39. The molecule has 5 rings (SSSR count). The first-order valence-electron chi connectivity index (χ1n) is 12.0. The van der Waals surface area contributed by atoms with Crippen molar-refractivity contribution < 1.29 is 34.8 Å². The average Bonchev–Trinajstić information content (AvgIpc) is 3.30. The molecule has 1 amide bonds. The zero-order valence-electron chi connectivity index (χ0n) is 19.7. The second kappa shape index (κ2) is 7.81. The largest absolute Gasteiger partial charge is 0.508 e.